The van der Waals surface area contributed by atoms with Crippen LogP contribution >= 0.6 is 15.9 Å². The molecule has 0 N–H and O–H groups in total. The molecule has 0 aliphatic heterocycles. The highest BCUT2D eigenvalue weighted by atomic mass is 79.9. The monoisotopic (exact) mass is 542 g/mol. The molecule has 3 heterocycles. The molecule has 5 aromatic rings. The Kier molecular flexibility index (Phi) is 5.19. The first-order valence-electron chi connectivity index (χ1n) is 9.61. The zero-order valence-corrected chi connectivity index (χ0v) is 20.0. The van der Waals surface area contributed by atoms with Gasteiger partial charge in [-0.25, -0.2) is 17.4 Å². The van der Waals surface area contributed by atoms with E-state index in [1.807, 2.05) is 0 Å². The van der Waals surface area contributed by atoms with Crippen LogP contribution in [0.5, 0.6) is 0 Å². The van der Waals surface area contributed by atoms with Gasteiger partial charge < -0.3 is 0 Å². The summed E-state index contributed by atoms with van der Waals surface area (Å²) in [6.07, 6.45) is 5.68. The van der Waals surface area contributed by atoms with Crippen molar-refractivity contribution in [3.8, 4) is 11.1 Å². The first-order chi connectivity index (χ1) is 15.8. The first-order valence-corrected chi connectivity index (χ1v) is 13.3. The molecular formula is C22H15BrN4O4S2. The third-order valence-electron chi connectivity index (χ3n) is 5.04. The Labute approximate surface area is 198 Å². The second kappa shape index (κ2) is 7.94. The van der Waals surface area contributed by atoms with Crippen molar-refractivity contribution < 1.29 is 16.8 Å². The summed E-state index contributed by atoms with van der Waals surface area (Å²) < 4.78 is 55.1. The fourth-order valence-electron chi connectivity index (χ4n) is 3.45. The van der Waals surface area contributed by atoms with Gasteiger partial charge in [0.1, 0.15) is 0 Å². The van der Waals surface area contributed by atoms with Crippen molar-refractivity contribution in [3.63, 3.8) is 0 Å². The summed E-state index contributed by atoms with van der Waals surface area (Å²) in [5.41, 5.74) is 1.13. The number of pyridine rings is 1. The highest BCUT2D eigenvalue weighted by Gasteiger charge is 2.24. The lowest BCUT2D eigenvalue weighted by Gasteiger charge is -2.06. The highest BCUT2D eigenvalue weighted by molar-refractivity contribution is 9.10. The van der Waals surface area contributed by atoms with Crippen molar-refractivity contribution in [2.45, 2.75) is 9.79 Å². The Bertz CT molecular complexity index is 1700. The van der Waals surface area contributed by atoms with Crippen LogP contribution < -0.4 is 0 Å². The van der Waals surface area contributed by atoms with Crippen LogP contribution in [0.15, 0.2) is 106 Å². The van der Waals surface area contributed by atoms with Gasteiger partial charge >= 0.3 is 0 Å². The minimum absolute atomic E-state index is 0.0955. The summed E-state index contributed by atoms with van der Waals surface area (Å²) >= 11 is 3.37. The van der Waals surface area contributed by atoms with E-state index >= 15 is 0 Å². The van der Waals surface area contributed by atoms with Crippen molar-refractivity contribution in [2.75, 3.05) is 0 Å². The predicted octanol–water partition coefficient (Wildman–Crippen LogP) is 4.14. The summed E-state index contributed by atoms with van der Waals surface area (Å²) in [6.45, 7) is 0. The molecule has 0 atom stereocenters. The predicted molar refractivity (Wildman–Crippen MR) is 127 cm³/mol. The number of rotatable bonds is 5. The SMILES string of the molecule is O=S(=O)(c1ccccc1)n1cc(-c2cn(S(=O)(=O)c3ccccc3)c3ncc(Br)cc23)cn1. The molecule has 0 radical (unpaired) electrons. The molecule has 0 amide bonds. The molecule has 0 saturated heterocycles. The van der Waals surface area contributed by atoms with E-state index in [0.717, 1.165) is 8.06 Å². The van der Waals surface area contributed by atoms with Crippen molar-refractivity contribution in [2.24, 2.45) is 0 Å². The number of hydrogen-bond acceptors (Lipinski definition) is 6. The topological polar surface area (TPSA) is 104 Å². The van der Waals surface area contributed by atoms with E-state index in [2.05, 4.69) is 26.0 Å². The van der Waals surface area contributed by atoms with Crippen LogP contribution in [0.1, 0.15) is 0 Å². The smallest absolute Gasteiger partial charge is 0.236 e. The van der Waals surface area contributed by atoms with Gasteiger partial charge in [0.25, 0.3) is 20.0 Å². The zero-order valence-electron chi connectivity index (χ0n) is 16.8. The quantitative estimate of drug-likeness (QED) is 0.330. The van der Waals surface area contributed by atoms with Crippen LogP contribution in [0.2, 0.25) is 0 Å². The average molecular weight is 543 g/mol. The van der Waals surface area contributed by atoms with Gasteiger partial charge in [0.05, 0.1) is 22.2 Å². The Morgan fingerprint density at radius 1 is 0.758 bits per heavy atom. The minimum atomic E-state index is -3.94. The Hall–Kier alpha value is -3.28. The van der Waals surface area contributed by atoms with Gasteiger partial charge in [-0.1, -0.05) is 36.4 Å². The molecule has 166 valence electrons. The van der Waals surface area contributed by atoms with Gasteiger partial charge in [0.2, 0.25) is 0 Å². The molecule has 0 unspecified atom stereocenters. The Balaban J connectivity index is 1.69. The van der Waals surface area contributed by atoms with Crippen molar-refractivity contribution >= 4 is 47.0 Å². The summed E-state index contributed by atoms with van der Waals surface area (Å²) in [5.74, 6) is 0. The lowest BCUT2D eigenvalue weighted by atomic mass is 10.1. The zero-order chi connectivity index (χ0) is 23.2. The van der Waals surface area contributed by atoms with E-state index in [-0.39, 0.29) is 15.4 Å². The van der Waals surface area contributed by atoms with Gasteiger partial charge in [0, 0.05) is 33.4 Å². The molecule has 0 bridgehead atoms. The molecule has 33 heavy (non-hydrogen) atoms. The maximum Gasteiger partial charge on any atom is 0.282 e. The number of fused-ring (bicyclic) bond motifs is 1. The number of aromatic nitrogens is 4. The third kappa shape index (κ3) is 3.67. The molecule has 5 rings (SSSR count). The van der Waals surface area contributed by atoms with Gasteiger partial charge in [-0.3, -0.25) is 0 Å². The summed E-state index contributed by atoms with van der Waals surface area (Å²) in [5, 5.41) is 4.57. The second-order valence-electron chi connectivity index (χ2n) is 7.10. The van der Waals surface area contributed by atoms with E-state index in [4.69, 9.17) is 0 Å². The largest absolute Gasteiger partial charge is 0.282 e. The normalized spacial score (nSPS) is 12.3. The van der Waals surface area contributed by atoms with E-state index in [1.54, 1.807) is 42.5 Å². The van der Waals surface area contributed by atoms with Crippen LogP contribution in [0.4, 0.5) is 0 Å². The molecule has 0 fully saturated rings. The van der Waals surface area contributed by atoms with Crippen molar-refractivity contribution in [1.29, 1.82) is 0 Å². The van der Waals surface area contributed by atoms with E-state index in [9.17, 15) is 16.8 Å². The fourth-order valence-corrected chi connectivity index (χ4v) is 6.27. The number of hydrogen-bond donors (Lipinski definition) is 0. The summed E-state index contributed by atoms with van der Waals surface area (Å²) in [4.78, 5) is 4.52. The fraction of sp³-hybridized carbons (Fsp3) is 0. The van der Waals surface area contributed by atoms with Crippen LogP contribution in [0.3, 0.4) is 0 Å². The molecule has 0 aliphatic carbocycles. The third-order valence-corrected chi connectivity index (χ3v) is 8.69. The molecular weight excluding hydrogens is 528 g/mol. The number of halogens is 1. The summed E-state index contributed by atoms with van der Waals surface area (Å²) in [7, 11) is -7.83. The molecule has 0 saturated carbocycles. The molecule has 3 aromatic heterocycles. The molecule has 0 aliphatic rings. The maximum absolute atomic E-state index is 13.3. The molecule has 0 spiro atoms. The minimum Gasteiger partial charge on any atom is -0.236 e. The molecule has 2 aromatic carbocycles. The Morgan fingerprint density at radius 3 is 2.00 bits per heavy atom. The van der Waals surface area contributed by atoms with E-state index < -0.39 is 20.0 Å². The van der Waals surface area contributed by atoms with E-state index in [1.165, 1.54) is 49.1 Å². The molecule has 11 heteroatoms. The number of benzene rings is 2. The lowest BCUT2D eigenvalue weighted by Crippen LogP contribution is -2.13. The van der Waals surface area contributed by atoms with Crippen molar-refractivity contribution in [3.05, 3.63) is 96.0 Å². The lowest BCUT2D eigenvalue weighted by molar-refractivity contribution is 0.580. The van der Waals surface area contributed by atoms with Crippen LogP contribution in [0, 0.1) is 0 Å². The highest BCUT2D eigenvalue weighted by Crippen LogP contribution is 2.33. The van der Waals surface area contributed by atoms with Crippen LogP contribution in [0.25, 0.3) is 22.2 Å². The van der Waals surface area contributed by atoms with Gasteiger partial charge in [0.15, 0.2) is 5.65 Å². The van der Waals surface area contributed by atoms with Gasteiger partial charge in [-0.15, -0.1) is 0 Å². The van der Waals surface area contributed by atoms with Crippen LogP contribution in [-0.4, -0.2) is 35.0 Å². The Morgan fingerprint density at radius 2 is 1.36 bits per heavy atom. The van der Waals surface area contributed by atoms with E-state index in [0.29, 0.717) is 21.0 Å². The standard InChI is InChI=1S/C22H15BrN4O4S2/c23-17-11-20-21(16-12-25-27(14-16)33(30,31)19-9-5-2-6-10-19)15-26(22(20)24-13-17)32(28,29)18-7-3-1-4-8-18/h1-15H. The maximum atomic E-state index is 13.3. The average Bonchev–Trinajstić information content (AvgIpc) is 3.46. The summed E-state index contributed by atoms with van der Waals surface area (Å²) in [6, 6.07) is 17.7. The second-order valence-corrected chi connectivity index (χ2v) is 11.6. The van der Waals surface area contributed by atoms with Gasteiger partial charge in [-0.05, 0) is 46.3 Å². The molecule has 8 nitrogen and oxygen atoms in total. The van der Waals surface area contributed by atoms with Crippen LogP contribution in [-0.2, 0) is 20.0 Å². The van der Waals surface area contributed by atoms with Gasteiger partial charge in [-0.2, -0.15) is 17.6 Å². The number of nitrogens with zero attached hydrogens (tertiary/aromatic N) is 4. The van der Waals surface area contributed by atoms with Crippen molar-refractivity contribution in [1.82, 2.24) is 18.1 Å². The first kappa shape index (κ1) is 21.6.